The molecule has 0 aliphatic rings. The van der Waals surface area contributed by atoms with Crippen molar-refractivity contribution >= 4 is 5.96 Å². The number of ether oxygens (including phenoxy) is 1. The van der Waals surface area contributed by atoms with Gasteiger partial charge in [0.1, 0.15) is 11.6 Å². The molecule has 1 aromatic heterocycles. The lowest BCUT2D eigenvalue weighted by Crippen LogP contribution is -2.38. The van der Waals surface area contributed by atoms with Crippen molar-refractivity contribution < 1.29 is 4.74 Å². The van der Waals surface area contributed by atoms with Crippen LogP contribution in [0.1, 0.15) is 17.0 Å². The molecule has 0 atom stereocenters. The summed E-state index contributed by atoms with van der Waals surface area (Å²) in [6, 6.07) is 18.5. The van der Waals surface area contributed by atoms with Crippen molar-refractivity contribution in [3.8, 4) is 5.75 Å². The van der Waals surface area contributed by atoms with Crippen molar-refractivity contribution in [3.05, 3.63) is 83.9 Å². The highest BCUT2D eigenvalue weighted by Gasteiger charge is 2.09. The van der Waals surface area contributed by atoms with E-state index in [0.717, 1.165) is 30.6 Å². The van der Waals surface area contributed by atoms with Crippen molar-refractivity contribution in [1.29, 1.82) is 0 Å². The van der Waals surface area contributed by atoms with Gasteiger partial charge in [-0.25, -0.2) is 4.98 Å². The van der Waals surface area contributed by atoms with E-state index in [-0.39, 0.29) is 0 Å². The molecule has 0 radical (unpaired) electrons. The van der Waals surface area contributed by atoms with Crippen LogP contribution in [0, 0.1) is 0 Å². The molecule has 0 unspecified atom stereocenters. The van der Waals surface area contributed by atoms with Crippen LogP contribution in [-0.4, -0.2) is 41.6 Å². The Bertz CT molecular complexity index is 887. The Morgan fingerprint density at radius 2 is 1.86 bits per heavy atom. The molecular weight excluding hydrogens is 350 g/mol. The van der Waals surface area contributed by atoms with Gasteiger partial charge < -0.3 is 19.5 Å². The largest absolute Gasteiger partial charge is 0.497 e. The molecule has 0 amide bonds. The van der Waals surface area contributed by atoms with Gasteiger partial charge in [-0.15, -0.1) is 0 Å². The molecular formula is C22H27N5O. The zero-order chi connectivity index (χ0) is 19.8. The van der Waals surface area contributed by atoms with Gasteiger partial charge in [0.25, 0.3) is 0 Å². The lowest BCUT2D eigenvalue weighted by Gasteiger charge is -2.22. The molecule has 2 aromatic carbocycles. The molecule has 1 N–H and O–H groups in total. The van der Waals surface area contributed by atoms with Gasteiger partial charge in [0.15, 0.2) is 5.96 Å². The van der Waals surface area contributed by atoms with Crippen LogP contribution in [0.25, 0.3) is 0 Å². The van der Waals surface area contributed by atoms with Gasteiger partial charge in [0, 0.05) is 39.6 Å². The van der Waals surface area contributed by atoms with Crippen LogP contribution >= 0.6 is 0 Å². The van der Waals surface area contributed by atoms with Gasteiger partial charge in [-0.2, -0.15) is 0 Å². The SMILES string of the molecule is CN=C(NCc1nccn1Cc1ccccc1)N(C)Cc1ccc(OC)cc1. The van der Waals surface area contributed by atoms with Crippen LogP contribution in [0.5, 0.6) is 5.75 Å². The molecule has 3 aromatic rings. The van der Waals surface area contributed by atoms with Crippen molar-refractivity contribution in [1.82, 2.24) is 19.8 Å². The van der Waals surface area contributed by atoms with Crippen LogP contribution in [0.2, 0.25) is 0 Å². The summed E-state index contributed by atoms with van der Waals surface area (Å²) in [5.74, 6) is 2.66. The van der Waals surface area contributed by atoms with Gasteiger partial charge in [0.05, 0.1) is 13.7 Å². The smallest absolute Gasteiger partial charge is 0.194 e. The van der Waals surface area contributed by atoms with Gasteiger partial charge in [-0.1, -0.05) is 42.5 Å². The van der Waals surface area contributed by atoms with E-state index in [1.165, 1.54) is 11.1 Å². The fourth-order valence-electron chi connectivity index (χ4n) is 3.05. The number of nitrogens with zero attached hydrogens (tertiary/aromatic N) is 4. The minimum atomic E-state index is 0.611. The molecule has 28 heavy (non-hydrogen) atoms. The predicted molar refractivity (Wildman–Crippen MR) is 112 cm³/mol. The highest BCUT2D eigenvalue weighted by atomic mass is 16.5. The molecule has 0 saturated heterocycles. The van der Waals surface area contributed by atoms with E-state index >= 15 is 0 Å². The Hall–Kier alpha value is -3.28. The number of nitrogens with one attached hydrogen (secondary N) is 1. The third-order valence-electron chi connectivity index (χ3n) is 4.55. The number of rotatable bonds is 7. The van der Waals surface area contributed by atoms with Crippen molar-refractivity contribution in [2.24, 2.45) is 4.99 Å². The number of benzene rings is 2. The Labute approximate surface area is 166 Å². The molecule has 0 fully saturated rings. The highest BCUT2D eigenvalue weighted by Crippen LogP contribution is 2.12. The summed E-state index contributed by atoms with van der Waals surface area (Å²) in [5.41, 5.74) is 2.44. The maximum absolute atomic E-state index is 5.22. The normalized spacial score (nSPS) is 11.3. The first-order valence-electron chi connectivity index (χ1n) is 9.28. The molecule has 0 saturated carbocycles. The standard InChI is InChI=1S/C22H27N5O/c1-23-22(26(2)16-19-9-11-20(28-3)12-10-19)25-15-21-24-13-14-27(21)17-18-7-5-4-6-8-18/h4-14H,15-17H2,1-3H3,(H,23,25). The number of guanidine groups is 1. The van der Waals surface area contributed by atoms with E-state index in [1.54, 1.807) is 14.2 Å². The summed E-state index contributed by atoms with van der Waals surface area (Å²) < 4.78 is 7.37. The number of aromatic nitrogens is 2. The van der Waals surface area contributed by atoms with E-state index in [1.807, 2.05) is 37.6 Å². The first-order chi connectivity index (χ1) is 13.7. The third kappa shape index (κ3) is 5.13. The van der Waals surface area contributed by atoms with E-state index in [0.29, 0.717) is 6.54 Å². The molecule has 0 aliphatic carbocycles. The summed E-state index contributed by atoms with van der Waals surface area (Å²) in [6.07, 6.45) is 3.84. The van der Waals surface area contributed by atoms with Crippen LogP contribution in [0.4, 0.5) is 0 Å². The van der Waals surface area contributed by atoms with Gasteiger partial charge in [-0.05, 0) is 23.3 Å². The molecule has 146 valence electrons. The monoisotopic (exact) mass is 377 g/mol. The number of hydrogen-bond donors (Lipinski definition) is 1. The average Bonchev–Trinajstić information content (AvgIpc) is 3.16. The lowest BCUT2D eigenvalue weighted by molar-refractivity contribution is 0.414. The molecule has 0 aliphatic heterocycles. The minimum absolute atomic E-state index is 0.611. The fraction of sp³-hybridized carbons (Fsp3) is 0.273. The first-order valence-corrected chi connectivity index (χ1v) is 9.28. The topological polar surface area (TPSA) is 54.7 Å². The minimum Gasteiger partial charge on any atom is -0.497 e. The first kappa shape index (κ1) is 19.5. The summed E-state index contributed by atoms with van der Waals surface area (Å²) in [6.45, 7) is 2.17. The second-order valence-electron chi connectivity index (χ2n) is 6.56. The predicted octanol–water partition coefficient (Wildman–Crippen LogP) is 3.15. The number of imidazole rings is 1. The van der Waals surface area contributed by atoms with Gasteiger partial charge in [-0.3, -0.25) is 4.99 Å². The zero-order valence-corrected chi connectivity index (χ0v) is 16.7. The highest BCUT2D eigenvalue weighted by molar-refractivity contribution is 5.79. The van der Waals surface area contributed by atoms with E-state index < -0.39 is 0 Å². The van der Waals surface area contributed by atoms with E-state index in [2.05, 4.69) is 61.2 Å². The van der Waals surface area contributed by atoms with Crippen LogP contribution in [-0.2, 0) is 19.6 Å². The van der Waals surface area contributed by atoms with Crippen LogP contribution < -0.4 is 10.1 Å². The summed E-state index contributed by atoms with van der Waals surface area (Å²) in [4.78, 5) is 11.0. The maximum atomic E-state index is 5.22. The third-order valence-corrected chi connectivity index (χ3v) is 4.55. The summed E-state index contributed by atoms with van der Waals surface area (Å²) in [5, 5.41) is 3.41. The van der Waals surface area contributed by atoms with Crippen molar-refractivity contribution in [2.45, 2.75) is 19.6 Å². The van der Waals surface area contributed by atoms with E-state index in [4.69, 9.17) is 4.74 Å². The van der Waals surface area contributed by atoms with Gasteiger partial charge in [0.2, 0.25) is 0 Å². The molecule has 3 rings (SSSR count). The zero-order valence-electron chi connectivity index (χ0n) is 16.7. The van der Waals surface area contributed by atoms with Crippen molar-refractivity contribution in [2.75, 3.05) is 21.2 Å². The second kappa shape index (κ2) is 9.60. The molecule has 6 nitrogen and oxygen atoms in total. The molecule has 0 bridgehead atoms. The Balaban J connectivity index is 1.58. The van der Waals surface area contributed by atoms with Crippen LogP contribution in [0.3, 0.4) is 0 Å². The second-order valence-corrected chi connectivity index (χ2v) is 6.56. The van der Waals surface area contributed by atoms with Gasteiger partial charge >= 0.3 is 0 Å². The summed E-state index contributed by atoms with van der Waals surface area (Å²) >= 11 is 0. The fourth-order valence-corrected chi connectivity index (χ4v) is 3.05. The Kier molecular flexibility index (Phi) is 6.68. The number of aliphatic imine (C=N–C) groups is 1. The van der Waals surface area contributed by atoms with Crippen molar-refractivity contribution in [3.63, 3.8) is 0 Å². The number of hydrogen-bond acceptors (Lipinski definition) is 3. The average molecular weight is 377 g/mol. The quantitative estimate of drug-likeness (QED) is 0.508. The van der Waals surface area contributed by atoms with E-state index in [9.17, 15) is 0 Å². The summed E-state index contributed by atoms with van der Waals surface area (Å²) in [7, 11) is 5.49. The number of methoxy groups -OCH3 is 1. The molecule has 6 heteroatoms. The lowest BCUT2D eigenvalue weighted by atomic mass is 10.2. The maximum Gasteiger partial charge on any atom is 0.194 e. The molecule has 1 heterocycles. The Morgan fingerprint density at radius 1 is 1.11 bits per heavy atom. The molecule has 0 spiro atoms. The van der Waals surface area contributed by atoms with Crippen LogP contribution in [0.15, 0.2) is 72.0 Å². The Morgan fingerprint density at radius 3 is 2.54 bits per heavy atom.